The summed E-state index contributed by atoms with van der Waals surface area (Å²) >= 11 is 0. The number of carbonyl (C=O) groups is 2. The number of rotatable bonds is 9. The molecule has 3 aromatic rings. The smallest absolute Gasteiger partial charge is 0.265 e. The third-order valence-electron chi connectivity index (χ3n) is 4.66. The van der Waals surface area contributed by atoms with E-state index >= 15 is 0 Å². The average Bonchev–Trinajstić information content (AvgIpc) is 2.79. The summed E-state index contributed by atoms with van der Waals surface area (Å²) in [6, 6.07) is 21.2. The standard InChI is InChI=1S/C25H26N2O5S/c1-17(2)27-33(30,31)23-15-11-21(12-16-23)26-25(29)18(3)32-22-13-9-20(10-14-22)24(28)19-7-5-4-6-8-19/h4-18,27H,1-3H3,(H,26,29)/t18-/m1/s1. The molecule has 3 aromatic carbocycles. The Morgan fingerprint density at radius 3 is 1.94 bits per heavy atom. The van der Waals surface area contributed by atoms with Crippen LogP contribution in [0.4, 0.5) is 5.69 Å². The van der Waals surface area contributed by atoms with Crippen LogP contribution in [0.1, 0.15) is 36.7 Å². The molecule has 0 aliphatic carbocycles. The molecule has 0 heterocycles. The van der Waals surface area contributed by atoms with E-state index in [0.717, 1.165) is 0 Å². The molecule has 0 saturated heterocycles. The van der Waals surface area contributed by atoms with Crippen molar-refractivity contribution in [2.75, 3.05) is 5.32 Å². The summed E-state index contributed by atoms with van der Waals surface area (Å²) in [6.45, 7) is 5.08. The molecule has 0 fully saturated rings. The minimum atomic E-state index is -3.60. The first kappa shape index (κ1) is 24.2. The van der Waals surface area contributed by atoms with Gasteiger partial charge in [0.2, 0.25) is 10.0 Å². The summed E-state index contributed by atoms with van der Waals surface area (Å²) in [5.41, 5.74) is 1.56. The Kier molecular flexibility index (Phi) is 7.63. The van der Waals surface area contributed by atoms with Crippen LogP contribution < -0.4 is 14.8 Å². The van der Waals surface area contributed by atoms with Crippen molar-refractivity contribution in [1.29, 1.82) is 0 Å². The Labute approximate surface area is 193 Å². The van der Waals surface area contributed by atoms with E-state index in [1.165, 1.54) is 24.3 Å². The Morgan fingerprint density at radius 2 is 1.36 bits per heavy atom. The number of anilines is 1. The number of ether oxygens (including phenoxy) is 1. The maximum Gasteiger partial charge on any atom is 0.265 e. The number of sulfonamides is 1. The summed E-state index contributed by atoms with van der Waals surface area (Å²) in [5.74, 6) is -0.0409. The van der Waals surface area contributed by atoms with Crippen LogP contribution >= 0.6 is 0 Å². The van der Waals surface area contributed by atoms with Gasteiger partial charge in [-0.05, 0) is 69.3 Å². The van der Waals surface area contributed by atoms with Crippen molar-refractivity contribution in [3.05, 3.63) is 90.0 Å². The largest absolute Gasteiger partial charge is 0.481 e. The molecular weight excluding hydrogens is 440 g/mol. The molecule has 0 aliphatic rings. The van der Waals surface area contributed by atoms with Crippen LogP contribution in [-0.4, -0.2) is 32.3 Å². The lowest BCUT2D eigenvalue weighted by molar-refractivity contribution is -0.122. The van der Waals surface area contributed by atoms with E-state index in [2.05, 4.69) is 10.0 Å². The molecule has 1 amide bonds. The molecule has 1 atom stereocenters. The average molecular weight is 467 g/mol. The summed E-state index contributed by atoms with van der Waals surface area (Å²) < 4.78 is 32.6. The van der Waals surface area contributed by atoms with Crippen molar-refractivity contribution in [1.82, 2.24) is 4.72 Å². The number of carbonyl (C=O) groups excluding carboxylic acids is 2. The van der Waals surface area contributed by atoms with Crippen molar-refractivity contribution < 1.29 is 22.7 Å². The monoisotopic (exact) mass is 466 g/mol. The Balaban J connectivity index is 1.59. The molecule has 0 unspecified atom stereocenters. The fourth-order valence-electron chi connectivity index (χ4n) is 3.04. The van der Waals surface area contributed by atoms with Crippen LogP contribution in [0, 0.1) is 0 Å². The van der Waals surface area contributed by atoms with Gasteiger partial charge in [-0.1, -0.05) is 30.3 Å². The van der Waals surface area contributed by atoms with Crippen molar-refractivity contribution >= 4 is 27.4 Å². The van der Waals surface area contributed by atoms with Crippen molar-refractivity contribution in [3.63, 3.8) is 0 Å². The van der Waals surface area contributed by atoms with Gasteiger partial charge >= 0.3 is 0 Å². The van der Waals surface area contributed by atoms with Gasteiger partial charge in [0.05, 0.1) is 4.90 Å². The molecule has 172 valence electrons. The second-order valence-electron chi connectivity index (χ2n) is 7.77. The fourth-order valence-corrected chi connectivity index (χ4v) is 4.29. The second-order valence-corrected chi connectivity index (χ2v) is 9.48. The number of ketones is 1. The minimum Gasteiger partial charge on any atom is -0.481 e. The Morgan fingerprint density at radius 1 is 0.788 bits per heavy atom. The van der Waals surface area contributed by atoms with Crippen LogP contribution in [0.15, 0.2) is 83.8 Å². The van der Waals surface area contributed by atoms with Gasteiger partial charge in [-0.15, -0.1) is 0 Å². The Bertz CT molecular complexity index is 1210. The molecule has 0 spiro atoms. The topological polar surface area (TPSA) is 102 Å². The predicted molar refractivity (Wildman–Crippen MR) is 127 cm³/mol. The minimum absolute atomic E-state index is 0.0954. The summed E-state index contributed by atoms with van der Waals surface area (Å²) in [6.07, 6.45) is -0.813. The molecule has 8 heteroatoms. The number of amides is 1. The van der Waals surface area contributed by atoms with Gasteiger partial charge in [-0.2, -0.15) is 0 Å². The molecule has 0 radical (unpaired) electrons. The van der Waals surface area contributed by atoms with Crippen molar-refractivity contribution in [2.45, 2.75) is 37.8 Å². The van der Waals surface area contributed by atoms with E-state index < -0.39 is 22.0 Å². The van der Waals surface area contributed by atoms with E-state index in [1.807, 2.05) is 6.07 Å². The van der Waals surface area contributed by atoms with E-state index in [0.29, 0.717) is 22.6 Å². The first-order valence-electron chi connectivity index (χ1n) is 10.5. The van der Waals surface area contributed by atoms with Crippen LogP contribution in [0.25, 0.3) is 0 Å². The zero-order valence-electron chi connectivity index (χ0n) is 18.6. The van der Waals surface area contributed by atoms with Crippen molar-refractivity contribution in [3.8, 4) is 5.75 Å². The second kappa shape index (κ2) is 10.4. The summed E-state index contributed by atoms with van der Waals surface area (Å²) in [5, 5.41) is 2.70. The van der Waals surface area contributed by atoms with Gasteiger partial charge in [0, 0.05) is 22.9 Å². The highest BCUT2D eigenvalue weighted by atomic mass is 32.2. The molecular formula is C25H26N2O5S. The molecule has 3 rings (SSSR count). The molecule has 2 N–H and O–H groups in total. The highest BCUT2D eigenvalue weighted by Gasteiger charge is 2.18. The summed E-state index contributed by atoms with van der Waals surface area (Å²) in [7, 11) is -3.60. The van der Waals surface area contributed by atoms with E-state index in [1.54, 1.807) is 69.3 Å². The first-order chi connectivity index (χ1) is 15.7. The van der Waals surface area contributed by atoms with Crippen LogP contribution in [-0.2, 0) is 14.8 Å². The van der Waals surface area contributed by atoms with Crippen LogP contribution in [0.5, 0.6) is 5.75 Å². The SMILES string of the molecule is CC(C)NS(=O)(=O)c1ccc(NC(=O)[C@@H](C)Oc2ccc(C(=O)c3ccccc3)cc2)cc1. The predicted octanol–water partition coefficient (Wildman–Crippen LogP) is 4.01. The van der Waals surface area contributed by atoms with E-state index in [9.17, 15) is 18.0 Å². The highest BCUT2D eigenvalue weighted by Crippen LogP contribution is 2.18. The van der Waals surface area contributed by atoms with E-state index in [4.69, 9.17) is 4.74 Å². The summed E-state index contributed by atoms with van der Waals surface area (Å²) in [4.78, 5) is 25.1. The van der Waals surface area contributed by atoms with Crippen molar-refractivity contribution in [2.24, 2.45) is 0 Å². The molecule has 33 heavy (non-hydrogen) atoms. The van der Waals surface area contributed by atoms with Gasteiger partial charge in [-0.25, -0.2) is 13.1 Å². The number of hydrogen-bond donors (Lipinski definition) is 2. The Hall–Kier alpha value is -3.49. The molecule has 0 aliphatic heterocycles. The van der Waals surface area contributed by atoms with Crippen LogP contribution in [0.2, 0.25) is 0 Å². The lowest BCUT2D eigenvalue weighted by Gasteiger charge is -2.15. The lowest BCUT2D eigenvalue weighted by Crippen LogP contribution is -2.31. The first-order valence-corrected chi connectivity index (χ1v) is 11.9. The quantitative estimate of drug-likeness (QED) is 0.464. The van der Waals surface area contributed by atoms with Gasteiger partial charge in [0.1, 0.15) is 5.75 Å². The van der Waals surface area contributed by atoms with Crippen LogP contribution in [0.3, 0.4) is 0 Å². The maximum absolute atomic E-state index is 12.5. The lowest BCUT2D eigenvalue weighted by atomic mass is 10.0. The third-order valence-corrected chi connectivity index (χ3v) is 6.33. The van der Waals surface area contributed by atoms with Gasteiger partial charge in [-0.3, -0.25) is 9.59 Å². The van der Waals surface area contributed by atoms with Gasteiger partial charge in [0.15, 0.2) is 11.9 Å². The molecule has 0 bridgehead atoms. The highest BCUT2D eigenvalue weighted by molar-refractivity contribution is 7.89. The normalized spacial score (nSPS) is 12.2. The molecule has 0 saturated carbocycles. The number of nitrogens with one attached hydrogen (secondary N) is 2. The fraction of sp³-hybridized carbons (Fsp3) is 0.200. The van der Waals surface area contributed by atoms with Gasteiger partial charge in [0.25, 0.3) is 5.91 Å². The molecule has 7 nitrogen and oxygen atoms in total. The van der Waals surface area contributed by atoms with E-state index in [-0.39, 0.29) is 16.7 Å². The zero-order chi connectivity index (χ0) is 24.0. The number of hydrogen-bond acceptors (Lipinski definition) is 5. The van der Waals surface area contributed by atoms with Gasteiger partial charge < -0.3 is 10.1 Å². The maximum atomic E-state index is 12.5. The number of benzene rings is 3. The third kappa shape index (κ3) is 6.50. The molecule has 0 aromatic heterocycles. The zero-order valence-corrected chi connectivity index (χ0v) is 19.4.